The molecule has 6 heteroatoms. The summed E-state index contributed by atoms with van der Waals surface area (Å²) >= 11 is 1.64. The number of nitrogens with one attached hydrogen (secondary N) is 1. The molecular formula is C25H26N2O3S. The van der Waals surface area contributed by atoms with E-state index in [0.717, 1.165) is 27.4 Å². The molecule has 0 fully saturated rings. The average Bonchev–Trinajstić information content (AvgIpc) is 3.30. The lowest BCUT2D eigenvalue weighted by Crippen LogP contribution is -2.33. The summed E-state index contributed by atoms with van der Waals surface area (Å²) in [6, 6.07) is 19.7. The van der Waals surface area contributed by atoms with Gasteiger partial charge in [-0.05, 0) is 42.0 Å². The highest BCUT2D eigenvalue weighted by Gasteiger charge is 2.27. The van der Waals surface area contributed by atoms with Gasteiger partial charge in [-0.25, -0.2) is 0 Å². The van der Waals surface area contributed by atoms with Crippen LogP contribution in [0.5, 0.6) is 5.75 Å². The molecule has 0 spiro atoms. The van der Waals surface area contributed by atoms with Crippen molar-refractivity contribution >= 4 is 28.8 Å². The number of ether oxygens (including phenoxy) is 1. The predicted molar refractivity (Wildman–Crippen MR) is 123 cm³/mol. The van der Waals surface area contributed by atoms with E-state index in [1.165, 1.54) is 0 Å². The van der Waals surface area contributed by atoms with Gasteiger partial charge in [0.1, 0.15) is 5.75 Å². The topological polar surface area (TPSA) is 58.6 Å². The summed E-state index contributed by atoms with van der Waals surface area (Å²) in [5, 5.41) is 4.99. The summed E-state index contributed by atoms with van der Waals surface area (Å²) in [4.78, 5) is 28.7. The first-order chi connectivity index (χ1) is 15.1. The molecule has 0 saturated carbocycles. The number of methoxy groups -OCH3 is 1. The van der Waals surface area contributed by atoms with E-state index < -0.39 is 0 Å². The monoisotopic (exact) mass is 434 g/mol. The van der Waals surface area contributed by atoms with Crippen LogP contribution in [-0.4, -0.2) is 23.8 Å². The van der Waals surface area contributed by atoms with E-state index in [9.17, 15) is 9.59 Å². The first-order valence-corrected chi connectivity index (χ1v) is 11.3. The molecule has 1 aliphatic heterocycles. The fraction of sp³-hybridized carbons (Fsp3) is 0.280. The molecule has 31 heavy (non-hydrogen) atoms. The molecule has 0 bridgehead atoms. The number of anilines is 1. The summed E-state index contributed by atoms with van der Waals surface area (Å²) in [6.07, 6.45) is 1.54. The number of carbonyl (C=O) groups excluding carboxylic acids is 2. The SMILES string of the molecule is COc1ccccc1CN(Cc1cccs1)C(=O)CC[C@@H]1Cc2ccccc2NC1=O. The molecule has 0 unspecified atom stereocenters. The second kappa shape index (κ2) is 9.79. The van der Waals surface area contributed by atoms with E-state index in [1.807, 2.05) is 70.9 Å². The van der Waals surface area contributed by atoms with Gasteiger partial charge in [-0.3, -0.25) is 9.59 Å². The number of hydrogen-bond acceptors (Lipinski definition) is 4. The number of benzene rings is 2. The van der Waals surface area contributed by atoms with E-state index in [0.29, 0.717) is 32.4 Å². The number of rotatable bonds is 8. The van der Waals surface area contributed by atoms with E-state index in [4.69, 9.17) is 4.74 Å². The van der Waals surface area contributed by atoms with E-state index >= 15 is 0 Å². The van der Waals surface area contributed by atoms with Crippen molar-refractivity contribution < 1.29 is 14.3 Å². The van der Waals surface area contributed by atoms with Crippen molar-refractivity contribution in [1.29, 1.82) is 0 Å². The molecule has 0 radical (unpaired) electrons. The first kappa shape index (κ1) is 21.1. The Hall–Kier alpha value is -3.12. The van der Waals surface area contributed by atoms with Crippen molar-refractivity contribution in [3.8, 4) is 5.75 Å². The van der Waals surface area contributed by atoms with Gasteiger partial charge in [-0.2, -0.15) is 0 Å². The van der Waals surface area contributed by atoms with Crippen LogP contribution in [0.2, 0.25) is 0 Å². The van der Waals surface area contributed by atoms with Crippen molar-refractivity contribution in [3.05, 3.63) is 82.0 Å². The zero-order valence-electron chi connectivity index (χ0n) is 17.5. The molecule has 2 heterocycles. The third kappa shape index (κ3) is 5.14. The Morgan fingerprint density at radius 2 is 1.90 bits per heavy atom. The van der Waals surface area contributed by atoms with E-state index in [-0.39, 0.29) is 17.7 Å². The first-order valence-electron chi connectivity index (χ1n) is 10.4. The van der Waals surface area contributed by atoms with Gasteiger partial charge in [0.05, 0.1) is 13.7 Å². The molecule has 2 aromatic carbocycles. The largest absolute Gasteiger partial charge is 0.496 e. The van der Waals surface area contributed by atoms with Gasteiger partial charge in [0.15, 0.2) is 0 Å². The van der Waals surface area contributed by atoms with Crippen molar-refractivity contribution in [2.45, 2.75) is 32.4 Å². The molecule has 1 atom stereocenters. The van der Waals surface area contributed by atoms with Crippen molar-refractivity contribution in [2.75, 3.05) is 12.4 Å². The Kier molecular flexibility index (Phi) is 6.67. The highest BCUT2D eigenvalue weighted by molar-refractivity contribution is 7.09. The molecule has 1 aromatic heterocycles. The molecule has 3 aromatic rings. The van der Waals surface area contributed by atoms with E-state index in [2.05, 4.69) is 5.32 Å². The van der Waals surface area contributed by atoms with Crippen LogP contribution in [0.15, 0.2) is 66.0 Å². The molecule has 1 aliphatic rings. The summed E-state index contributed by atoms with van der Waals surface area (Å²) < 4.78 is 5.48. The molecule has 5 nitrogen and oxygen atoms in total. The maximum Gasteiger partial charge on any atom is 0.227 e. The predicted octanol–water partition coefficient (Wildman–Crippen LogP) is 4.88. The molecular weight excluding hydrogens is 408 g/mol. The fourth-order valence-corrected chi connectivity index (χ4v) is 4.68. The summed E-state index contributed by atoms with van der Waals surface area (Å²) in [5.74, 6) is 0.635. The van der Waals surface area contributed by atoms with Gasteiger partial charge in [0.2, 0.25) is 11.8 Å². The van der Waals surface area contributed by atoms with Gasteiger partial charge in [0.25, 0.3) is 0 Å². The summed E-state index contributed by atoms with van der Waals surface area (Å²) in [7, 11) is 1.64. The van der Waals surface area contributed by atoms with Crippen molar-refractivity contribution in [2.24, 2.45) is 5.92 Å². The van der Waals surface area contributed by atoms with Gasteiger partial charge in [-0.1, -0.05) is 42.5 Å². The second-order valence-corrected chi connectivity index (χ2v) is 8.76. The third-order valence-corrected chi connectivity index (χ3v) is 6.51. The van der Waals surface area contributed by atoms with Crippen LogP contribution in [-0.2, 0) is 29.1 Å². The molecule has 0 saturated heterocycles. The van der Waals surface area contributed by atoms with Gasteiger partial charge < -0.3 is 15.0 Å². The van der Waals surface area contributed by atoms with Crippen molar-refractivity contribution in [1.82, 2.24) is 4.90 Å². The number of thiophene rings is 1. The summed E-state index contributed by atoms with van der Waals surface area (Å²) in [5.41, 5.74) is 2.98. The smallest absolute Gasteiger partial charge is 0.227 e. The number of hydrogen-bond donors (Lipinski definition) is 1. The van der Waals surface area contributed by atoms with Crippen LogP contribution < -0.4 is 10.1 Å². The number of nitrogens with zero attached hydrogens (tertiary/aromatic N) is 1. The number of fused-ring (bicyclic) bond motifs is 1. The van der Waals surface area contributed by atoms with Crippen LogP contribution in [0.1, 0.15) is 28.8 Å². The fourth-order valence-electron chi connectivity index (χ4n) is 3.96. The normalized spacial score (nSPS) is 15.1. The van der Waals surface area contributed by atoms with Crippen LogP contribution in [0.4, 0.5) is 5.69 Å². The maximum absolute atomic E-state index is 13.2. The number of amides is 2. The average molecular weight is 435 g/mol. The molecule has 2 amide bonds. The summed E-state index contributed by atoms with van der Waals surface area (Å²) in [6.45, 7) is 1.02. The zero-order chi connectivity index (χ0) is 21.6. The highest BCUT2D eigenvalue weighted by Crippen LogP contribution is 2.28. The van der Waals surface area contributed by atoms with Gasteiger partial charge in [-0.15, -0.1) is 11.3 Å². The minimum absolute atomic E-state index is 0.000959. The lowest BCUT2D eigenvalue weighted by Gasteiger charge is -2.26. The molecule has 1 N–H and O–H groups in total. The Morgan fingerprint density at radius 1 is 1.10 bits per heavy atom. The Labute approximate surface area is 186 Å². The Bertz CT molecular complexity index is 1050. The van der Waals surface area contributed by atoms with Crippen LogP contribution in [0, 0.1) is 5.92 Å². The molecule has 160 valence electrons. The van der Waals surface area contributed by atoms with Crippen LogP contribution in [0.3, 0.4) is 0 Å². The van der Waals surface area contributed by atoms with Crippen LogP contribution in [0.25, 0.3) is 0 Å². The highest BCUT2D eigenvalue weighted by atomic mass is 32.1. The van der Waals surface area contributed by atoms with Crippen molar-refractivity contribution in [3.63, 3.8) is 0 Å². The maximum atomic E-state index is 13.2. The number of carbonyl (C=O) groups is 2. The quantitative estimate of drug-likeness (QED) is 0.550. The number of para-hydroxylation sites is 2. The Morgan fingerprint density at radius 3 is 2.71 bits per heavy atom. The minimum Gasteiger partial charge on any atom is -0.496 e. The lowest BCUT2D eigenvalue weighted by atomic mass is 9.89. The second-order valence-electron chi connectivity index (χ2n) is 7.73. The van der Waals surface area contributed by atoms with Crippen LogP contribution >= 0.6 is 11.3 Å². The molecule has 0 aliphatic carbocycles. The standard InChI is InChI=1S/C25H26N2O3S/c1-30-23-11-5-3-8-20(23)16-27(17-21-9-6-14-31-21)24(28)13-12-19-15-18-7-2-4-10-22(18)26-25(19)29/h2-11,14,19H,12-13,15-17H2,1H3,(H,26,29)/t19-/m1/s1. The van der Waals surface area contributed by atoms with Gasteiger partial charge in [0, 0.05) is 35.0 Å². The van der Waals surface area contributed by atoms with E-state index in [1.54, 1.807) is 18.4 Å². The van der Waals surface area contributed by atoms with Gasteiger partial charge >= 0.3 is 0 Å². The molecule has 4 rings (SSSR count). The minimum atomic E-state index is -0.186. The third-order valence-electron chi connectivity index (χ3n) is 5.65. The Balaban J connectivity index is 1.45. The lowest BCUT2D eigenvalue weighted by molar-refractivity contribution is -0.133. The zero-order valence-corrected chi connectivity index (χ0v) is 18.4.